The van der Waals surface area contributed by atoms with Gasteiger partial charge in [0.25, 0.3) is 0 Å². The summed E-state index contributed by atoms with van der Waals surface area (Å²) in [6.07, 6.45) is 0.940. The Bertz CT molecular complexity index is 783. The van der Waals surface area contributed by atoms with Crippen LogP contribution in [0.2, 0.25) is 0 Å². The second-order valence-electron chi connectivity index (χ2n) is 8.27. The fourth-order valence-electron chi connectivity index (χ4n) is 3.85. The summed E-state index contributed by atoms with van der Waals surface area (Å²) in [4.78, 5) is 3.02. The summed E-state index contributed by atoms with van der Waals surface area (Å²) in [5.41, 5.74) is 0.903. The van der Waals surface area contributed by atoms with Gasteiger partial charge in [-0.15, -0.1) is 5.10 Å². The molecule has 2 aromatic rings. The van der Waals surface area contributed by atoms with Gasteiger partial charge in [0.15, 0.2) is 6.04 Å². The van der Waals surface area contributed by atoms with Crippen LogP contribution in [0, 0.1) is 0 Å². The van der Waals surface area contributed by atoms with Gasteiger partial charge in [-0.05, 0) is 48.9 Å². The summed E-state index contributed by atoms with van der Waals surface area (Å²) in [7, 11) is 5.66. The third-order valence-electron chi connectivity index (χ3n) is 6.09. The Hall–Kier alpha value is -2.19. The number of rotatable bonds is 7. The Labute approximate surface area is 167 Å². The van der Waals surface area contributed by atoms with Crippen LogP contribution in [-0.2, 0) is 5.54 Å². The lowest BCUT2D eigenvalue weighted by molar-refractivity contribution is -1.02. The fourth-order valence-corrected chi connectivity index (χ4v) is 3.85. The first-order valence-corrected chi connectivity index (χ1v) is 10.1. The minimum atomic E-state index is -0.166. The summed E-state index contributed by atoms with van der Waals surface area (Å²) < 4.78 is 13.2. The highest BCUT2D eigenvalue weighted by Gasteiger charge is 2.39. The molecule has 1 aromatic heterocycles. The van der Waals surface area contributed by atoms with E-state index in [1.165, 1.54) is 4.90 Å². The maximum absolute atomic E-state index is 5.74. The van der Waals surface area contributed by atoms with Crippen molar-refractivity contribution >= 4 is 0 Å². The molecule has 1 aromatic carbocycles. The molecular formula is C20H34N6O2+2. The second-order valence-corrected chi connectivity index (χ2v) is 8.27. The standard InChI is InChI=1S/C20H32N6O2/c1-7-20(2,3)26-19(21-22-23-26)18(25-12-10-24(4)11-13-25)16-14-15(27-5)8-9-17(16)28-6/h8-9,14,18H,7,10-13H2,1-6H3/p+2/t18-/m0/s1. The Balaban J connectivity index is 2.14. The van der Waals surface area contributed by atoms with Gasteiger partial charge in [-0.2, -0.15) is 0 Å². The molecule has 0 amide bonds. The van der Waals surface area contributed by atoms with Crippen LogP contribution in [0.3, 0.4) is 0 Å². The smallest absolute Gasteiger partial charge is 0.214 e. The number of hydrogen-bond donors (Lipinski definition) is 2. The zero-order chi connectivity index (χ0) is 20.3. The van der Waals surface area contributed by atoms with E-state index in [1.54, 1.807) is 19.1 Å². The van der Waals surface area contributed by atoms with Crippen LogP contribution in [0.25, 0.3) is 0 Å². The fraction of sp³-hybridized carbons (Fsp3) is 0.650. The van der Waals surface area contributed by atoms with Gasteiger partial charge in [0.05, 0.1) is 32.4 Å². The number of hydrogen-bond acceptors (Lipinski definition) is 5. The van der Waals surface area contributed by atoms with Crippen molar-refractivity contribution in [2.45, 2.75) is 38.8 Å². The quantitative estimate of drug-likeness (QED) is 0.657. The van der Waals surface area contributed by atoms with E-state index in [0.29, 0.717) is 0 Å². The average Bonchev–Trinajstić information content (AvgIpc) is 3.20. The van der Waals surface area contributed by atoms with Gasteiger partial charge in [-0.3, -0.25) is 0 Å². The van der Waals surface area contributed by atoms with E-state index in [9.17, 15) is 0 Å². The van der Waals surface area contributed by atoms with Crippen LogP contribution in [0.15, 0.2) is 18.2 Å². The van der Waals surface area contributed by atoms with Gasteiger partial charge in [0.1, 0.15) is 37.7 Å². The summed E-state index contributed by atoms with van der Waals surface area (Å²) in [6, 6.07) is 5.96. The lowest BCUT2D eigenvalue weighted by Gasteiger charge is -2.35. The van der Waals surface area contributed by atoms with Crippen molar-refractivity contribution in [1.82, 2.24) is 20.2 Å². The number of piperazine rings is 1. The van der Waals surface area contributed by atoms with E-state index in [-0.39, 0.29) is 11.6 Å². The molecule has 1 saturated heterocycles. The van der Waals surface area contributed by atoms with Crippen LogP contribution < -0.4 is 19.3 Å². The summed E-state index contributed by atoms with van der Waals surface area (Å²) in [5.74, 6) is 2.54. The zero-order valence-electron chi connectivity index (χ0n) is 18.0. The Kier molecular flexibility index (Phi) is 6.20. The van der Waals surface area contributed by atoms with Crippen molar-refractivity contribution in [2.75, 3.05) is 47.4 Å². The topological polar surface area (TPSA) is 70.9 Å². The van der Waals surface area contributed by atoms with Gasteiger partial charge in [-0.1, -0.05) is 6.92 Å². The molecule has 1 aliphatic rings. The first-order valence-electron chi connectivity index (χ1n) is 10.1. The highest BCUT2D eigenvalue weighted by atomic mass is 16.5. The first-order chi connectivity index (χ1) is 13.4. The average molecular weight is 391 g/mol. The van der Waals surface area contributed by atoms with Crippen LogP contribution in [0.5, 0.6) is 11.5 Å². The third-order valence-corrected chi connectivity index (χ3v) is 6.09. The summed E-state index contributed by atoms with van der Waals surface area (Å²) in [6.45, 7) is 10.9. The van der Waals surface area contributed by atoms with E-state index < -0.39 is 0 Å². The third kappa shape index (κ3) is 3.98. The van der Waals surface area contributed by atoms with Gasteiger partial charge in [-0.25, -0.2) is 4.68 Å². The van der Waals surface area contributed by atoms with Gasteiger partial charge in [0, 0.05) is 0 Å². The number of ether oxygens (including phenoxy) is 2. The Morgan fingerprint density at radius 1 is 1.14 bits per heavy atom. The molecule has 8 heteroatoms. The molecule has 2 N–H and O–H groups in total. The molecular weight excluding hydrogens is 356 g/mol. The maximum Gasteiger partial charge on any atom is 0.214 e. The number of likely N-dealkylation sites (N-methyl/N-ethyl adjacent to an activating group) is 1. The Morgan fingerprint density at radius 2 is 1.86 bits per heavy atom. The number of benzene rings is 1. The molecule has 2 heterocycles. The zero-order valence-corrected chi connectivity index (χ0v) is 18.0. The highest BCUT2D eigenvalue weighted by molar-refractivity contribution is 5.43. The number of aromatic nitrogens is 4. The highest BCUT2D eigenvalue weighted by Crippen LogP contribution is 2.32. The van der Waals surface area contributed by atoms with E-state index in [1.807, 2.05) is 16.8 Å². The van der Waals surface area contributed by atoms with E-state index in [2.05, 4.69) is 49.4 Å². The van der Waals surface area contributed by atoms with E-state index in [4.69, 9.17) is 9.47 Å². The maximum atomic E-state index is 5.74. The molecule has 0 spiro atoms. The van der Waals surface area contributed by atoms with Crippen LogP contribution in [0.4, 0.5) is 0 Å². The second kappa shape index (κ2) is 8.45. The van der Waals surface area contributed by atoms with E-state index >= 15 is 0 Å². The molecule has 1 fully saturated rings. The molecule has 0 radical (unpaired) electrons. The predicted octanol–water partition coefficient (Wildman–Crippen LogP) is -0.662. The first kappa shape index (κ1) is 20.5. The van der Waals surface area contributed by atoms with Crippen LogP contribution in [0.1, 0.15) is 44.6 Å². The normalized spacial score (nSPS) is 21.4. The van der Waals surface area contributed by atoms with E-state index in [0.717, 1.165) is 55.5 Å². The molecule has 0 aliphatic carbocycles. The van der Waals surface area contributed by atoms with Crippen molar-refractivity contribution in [3.8, 4) is 11.5 Å². The van der Waals surface area contributed by atoms with Gasteiger partial charge < -0.3 is 19.3 Å². The molecule has 1 aliphatic heterocycles. The lowest BCUT2D eigenvalue weighted by atomic mass is 9.98. The van der Waals surface area contributed by atoms with Crippen molar-refractivity contribution in [1.29, 1.82) is 0 Å². The molecule has 1 atom stereocenters. The van der Waals surface area contributed by atoms with Gasteiger partial charge >= 0.3 is 0 Å². The molecule has 154 valence electrons. The van der Waals surface area contributed by atoms with Crippen molar-refractivity contribution < 1.29 is 19.3 Å². The largest absolute Gasteiger partial charge is 0.497 e. The summed E-state index contributed by atoms with van der Waals surface area (Å²) in [5, 5.41) is 13.0. The summed E-state index contributed by atoms with van der Waals surface area (Å²) >= 11 is 0. The van der Waals surface area contributed by atoms with Gasteiger partial charge in [0.2, 0.25) is 5.82 Å². The Morgan fingerprint density at radius 3 is 2.46 bits per heavy atom. The SMILES string of the molecule is CCC(C)(C)n1nnnc1[C@H](c1cc(OC)ccc1OC)[NH+]1CC[NH+](C)CC1. The molecule has 0 unspecified atom stereocenters. The van der Waals surface area contributed by atoms with Crippen LogP contribution >= 0.6 is 0 Å². The number of tetrazole rings is 1. The molecule has 28 heavy (non-hydrogen) atoms. The monoisotopic (exact) mass is 390 g/mol. The predicted molar refractivity (Wildman–Crippen MR) is 106 cm³/mol. The van der Waals surface area contributed by atoms with Crippen LogP contribution in [-0.4, -0.2) is 67.7 Å². The molecule has 3 rings (SSSR count). The molecule has 8 nitrogen and oxygen atoms in total. The minimum absolute atomic E-state index is 0.0148. The number of nitrogens with one attached hydrogen (secondary N) is 2. The van der Waals surface area contributed by atoms with Crippen molar-refractivity contribution in [3.05, 3.63) is 29.6 Å². The number of nitrogens with zero attached hydrogens (tertiary/aromatic N) is 4. The number of quaternary nitrogens is 2. The number of methoxy groups -OCH3 is 2. The molecule has 0 saturated carbocycles. The van der Waals surface area contributed by atoms with Crippen molar-refractivity contribution in [2.24, 2.45) is 0 Å². The minimum Gasteiger partial charge on any atom is -0.497 e. The lowest BCUT2D eigenvalue weighted by Crippen LogP contribution is -3.27. The van der Waals surface area contributed by atoms with Crippen molar-refractivity contribution in [3.63, 3.8) is 0 Å². The molecule has 0 bridgehead atoms.